The van der Waals surface area contributed by atoms with E-state index in [1.54, 1.807) is 0 Å². The number of carbonyl (C=O) groups excluding carboxylic acids is 1. The number of ether oxygens (including phenoxy) is 1. The van der Waals surface area contributed by atoms with E-state index < -0.39 is 52.3 Å². The van der Waals surface area contributed by atoms with Gasteiger partial charge in [0.15, 0.2) is 16.6 Å². The van der Waals surface area contributed by atoms with Crippen molar-refractivity contribution in [2.45, 2.75) is 18.5 Å². The number of aromatic nitrogens is 1. The van der Waals surface area contributed by atoms with E-state index in [1.807, 2.05) is 5.32 Å². The summed E-state index contributed by atoms with van der Waals surface area (Å²) in [6.07, 6.45) is -11.0. The third-order valence-corrected chi connectivity index (χ3v) is 3.61. The van der Waals surface area contributed by atoms with E-state index in [9.17, 15) is 45.0 Å². The molecule has 2 N–H and O–H groups in total. The van der Waals surface area contributed by atoms with Gasteiger partial charge < -0.3 is 9.84 Å². The summed E-state index contributed by atoms with van der Waals surface area (Å²) in [7, 11) is 0. The largest absolute Gasteiger partial charge is 0.573 e. The van der Waals surface area contributed by atoms with Crippen LogP contribution in [0.4, 0.5) is 40.3 Å². The van der Waals surface area contributed by atoms with Crippen LogP contribution in [-0.4, -0.2) is 28.5 Å². The third kappa shape index (κ3) is 4.75. The summed E-state index contributed by atoms with van der Waals surface area (Å²) in [6, 6.07) is 1.99. The molecule has 0 radical (unpaired) electrons. The molecule has 148 valence electrons. The summed E-state index contributed by atoms with van der Waals surface area (Å²) in [5.41, 5.74) is -2.06. The van der Waals surface area contributed by atoms with Crippen LogP contribution < -0.4 is 10.1 Å². The molecule has 0 saturated heterocycles. The topological polar surface area (TPSA) is 71.5 Å². The molecule has 1 amide bonds. The molecule has 0 unspecified atom stereocenters. The van der Waals surface area contributed by atoms with Gasteiger partial charge in [-0.05, 0) is 18.2 Å². The highest BCUT2D eigenvalue weighted by atomic mass is 32.1. The molecule has 2 aromatic rings. The van der Waals surface area contributed by atoms with Gasteiger partial charge in [0, 0.05) is 10.9 Å². The predicted molar refractivity (Wildman–Crippen MR) is 74.8 cm³/mol. The second-order valence-electron chi connectivity index (χ2n) is 4.79. The monoisotopic (exact) mass is 422 g/mol. The first kappa shape index (κ1) is 20.7. The second kappa shape index (κ2) is 6.83. The van der Waals surface area contributed by atoms with Crippen LogP contribution >= 0.6 is 11.3 Å². The number of amides is 1. The molecule has 0 spiro atoms. The number of phenols is 1. The fraction of sp³-hybridized carbons (Fsp3) is 0.231. The summed E-state index contributed by atoms with van der Waals surface area (Å²) in [5.74, 6) is -8.41. The number of carbonyl (C=O) groups is 1. The van der Waals surface area contributed by atoms with E-state index in [0.29, 0.717) is 17.5 Å². The van der Waals surface area contributed by atoms with Crippen LogP contribution in [0.5, 0.6) is 11.5 Å². The lowest BCUT2D eigenvalue weighted by Crippen LogP contribution is -2.34. The van der Waals surface area contributed by atoms with Gasteiger partial charge in [-0.3, -0.25) is 10.1 Å². The first-order valence-corrected chi connectivity index (χ1v) is 7.39. The van der Waals surface area contributed by atoms with Gasteiger partial charge in [0.1, 0.15) is 5.69 Å². The maximum absolute atomic E-state index is 13.1. The van der Waals surface area contributed by atoms with Crippen molar-refractivity contribution < 1.29 is 49.8 Å². The molecule has 5 nitrogen and oxygen atoms in total. The van der Waals surface area contributed by atoms with Crippen LogP contribution in [0.2, 0.25) is 0 Å². The molecule has 0 atom stereocenters. The zero-order valence-electron chi connectivity index (χ0n) is 12.5. The van der Waals surface area contributed by atoms with Crippen LogP contribution in [0, 0.1) is 0 Å². The Hall–Kier alpha value is -2.64. The molecule has 1 aromatic heterocycles. The van der Waals surface area contributed by atoms with Crippen LogP contribution in [0.3, 0.4) is 0 Å². The number of aromatic hydroxyl groups is 1. The van der Waals surface area contributed by atoms with Crippen molar-refractivity contribution in [1.29, 1.82) is 0 Å². The Morgan fingerprint density at radius 3 is 2.26 bits per heavy atom. The number of thiazole rings is 1. The van der Waals surface area contributed by atoms with Crippen molar-refractivity contribution in [2.24, 2.45) is 0 Å². The van der Waals surface area contributed by atoms with Crippen LogP contribution in [0.25, 0.3) is 0 Å². The van der Waals surface area contributed by atoms with E-state index in [-0.39, 0.29) is 11.3 Å². The number of benzene rings is 1. The SMILES string of the molecule is O=C(Nc1nc(C(F)(F)C(F)(F)F)cs1)c1ccc(OC(F)(F)F)c(O)c1. The van der Waals surface area contributed by atoms with Crippen LogP contribution in [-0.2, 0) is 5.92 Å². The Bertz CT molecular complexity index is 847. The van der Waals surface area contributed by atoms with E-state index in [4.69, 9.17) is 0 Å². The molecule has 0 fully saturated rings. The summed E-state index contributed by atoms with van der Waals surface area (Å²) in [4.78, 5) is 14.9. The van der Waals surface area contributed by atoms with Gasteiger partial charge >= 0.3 is 18.5 Å². The molecule has 1 heterocycles. The Morgan fingerprint density at radius 1 is 1.11 bits per heavy atom. The number of phenolic OH excluding ortho intramolecular Hbond substituents is 1. The number of alkyl halides is 8. The predicted octanol–water partition coefficient (Wildman–Crippen LogP) is 4.65. The molecule has 27 heavy (non-hydrogen) atoms. The minimum atomic E-state index is -5.89. The molecule has 0 aliphatic carbocycles. The van der Waals surface area contributed by atoms with Crippen LogP contribution in [0.15, 0.2) is 23.6 Å². The van der Waals surface area contributed by atoms with E-state index >= 15 is 0 Å². The molecule has 0 saturated carbocycles. The Labute approximate surface area is 148 Å². The maximum atomic E-state index is 13.1. The standard InChI is InChI=1S/C13H6F8N2O3S/c14-11(15,12(16,17)18)8-4-27-10(22-8)23-9(25)5-1-2-7(6(24)3-5)26-13(19,20)21/h1-4,24H,(H,22,23,25). The lowest BCUT2D eigenvalue weighted by Gasteiger charge is -2.16. The third-order valence-electron chi connectivity index (χ3n) is 2.85. The van der Waals surface area contributed by atoms with Crippen molar-refractivity contribution >= 4 is 22.4 Å². The summed E-state index contributed by atoms with van der Waals surface area (Å²) in [6.45, 7) is 0. The average Bonchev–Trinajstić information content (AvgIpc) is 2.96. The van der Waals surface area contributed by atoms with Crippen LogP contribution in [0.1, 0.15) is 16.1 Å². The number of hydrogen-bond acceptors (Lipinski definition) is 5. The molecule has 2 rings (SSSR count). The highest BCUT2D eigenvalue weighted by Gasteiger charge is 2.60. The highest BCUT2D eigenvalue weighted by Crippen LogP contribution is 2.44. The fourth-order valence-electron chi connectivity index (χ4n) is 1.66. The first-order chi connectivity index (χ1) is 12.2. The molecular formula is C13H6F8N2O3S. The van der Waals surface area contributed by atoms with Gasteiger partial charge in [-0.1, -0.05) is 0 Å². The van der Waals surface area contributed by atoms with Gasteiger partial charge in [-0.15, -0.1) is 24.5 Å². The van der Waals surface area contributed by atoms with E-state index in [2.05, 4.69) is 9.72 Å². The highest BCUT2D eigenvalue weighted by molar-refractivity contribution is 7.14. The zero-order valence-corrected chi connectivity index (χ0v) is 13.3. The van der Waals surface area contributed by atoms with Crippen molar-refractivity contribution in [1.82, 2.24) is 4.98 Å². The average molecular weight is 422 g/mol. The number of anilines is 1. The second-order valence-corrected chi connectivity index (χ2v) is 5.65. The Balaban J connectivity index is 2.16. The normalized spacial score (nSPS) is 12.7. The maximum Gasteiger partial charge on any atom is 0.573 e. The van der Waals surface area contributed by atoms with Crippen molar-refractivity contribution in [2.75, 3.05) is 5.32 Å². The molecule has 1 aromatic carbocycles. The van der Waals surface area contributed by atoms with E-state index in [1.165, 1.54) is 0 Å². The van der Waals surface area contributed by atoms with Gasteiger partial charge in [0.25, 0.3) is 5.91 Å². The molecular weight excluding hydrogens is 416 g/mol. The summed E-state index contributed by atoms with van der Waals surface area (Å²) < 4.78 is 103. The van der Waals surface area contributed by atoms with Crippen molar-refractivity contribution in [3.63, 3.8) is 0 Å². The smallest absolute Gasteiger partial charge is 0.504 e. The number of nitrogens with one attached hydrogen (secondary N) is 1. The first-order valence-electron chi connectivity index (χ1n) is 6.51. The van der Waals surface area contributed by atoms with Gasteiger partial charge in [0.05, 0.1) is 0 Å². The lowest BCUT2D eigenvalue weighted by atomic mass is 10.2. The molecule has 14 heteroatoms. The van der Waals surface area contributed by atoms with Gasteiger partial charge in [-0.25, -0.2) is 4.98 Å². The Morgan fingerprint density at radius 2 is 1.74 bits per heavy atom. The lowest BCUT2D eigenvalue weighted by molar-refractivity contribution is -0.290. The molecule has 0 bridgehead atoms. The minimum Gasteiger partial charge on any atom is -0.504 e. The number of rotatable bonds is 4. The number of nitrogens with zero attached hydrogens (tertiary/aromatic N) is 1. The molecule has 0 aliphatic heterocycles. The zero-order chi connectivity index (χ0) is 20.6. The van der Waals surface area contributed by atoms with Crippen molar-refractivity contribution in [3.05, 3.63) is 34.8 Å². The molecule has 0 aliphatic rings. The van der Waals surface area contributed by atoms with Gasteiger partial charge in [-0.2, -0.15) is 22.0 Å². The fourth-order valence-corrected chi connectivity index (χ4v) is 2.39. The van der Waals surface area contributed by atoms with E-state index in [0.717, 1.165) is 6.07 Å². The minimum absolute atomic E-state index is 0.272. The summed E-state index contributed by atoms with van der Waals surface area (Å²) in [5, 5.41) is 11.1. The van der Waals surface area contributed by atoms with Crippen molar-refractivity contribution in [3.8, 4) is 11.5 Å². The Kier molecular flexibility index (Phi) is 5.23. The number of halogens is 8. The van der Waals surface area contributed by atoms with Gasteiger partial charge in [0.2, 0.25) is 0 Å². The number of hydrogen-bond donors (Lipinski definition) is 2. The summed E-state index contributed by atoms with van der Waals surface area (Å²) >= 11 is 0.272. The quantitative estimate of drug-likeness (QED) is 0.704.